The van der Waals surface area contributed by atoms with Crippen LogP contribution in [0.2, 0.25) is 0 Å². The summed E-state index contributed by atoms with van der Waals surface area (Å²) in [7, 11) is 0. The monoisotopic (exact) mass is 276 g/mol. The number of hydrogen-bond acceptors (Lipinski definition) is 4. The van der Waals surface area contributed by atoms with Crippen molar-refractivity contribution in [1.82, 2.24) is 29.5 Å². The lowest BCUT2D eigenvalue weighted by Gasteiger charge is -2.00. The fourth-order valence-electron chi connectivity index (χ4n) is 2.63. The van der Waals surface area contributed by atoms with E-state index in [1.54, 1.807) is 10.7 Å². The second kappa shape index (κ2) is 3.88. The zero-order valence-electron chi connectivity index (χ0n) is 11.2. The number of fused-ring (bicyclic) bond motifs is 2. The summed E-state index contributed by atoms with van der Waals surface area (Å²) in [6.07, 6.45) is 9.93. The van der Waals surface area contributed by atoms with Crippen molar-refractivity contribution < 1.29 is 0 Å². The van der Waals surface area contributed by atoms with Gasteiger partial charge in [-0.2, -0.15) is 5.10 Å². The van der Waals surface area contributed by atoms with Crippen LogP contribution in [-0.2, 0) is 0 Å². The number of H-pyrrole nitrogens is 1. The zero-order chi connectivity index (χ0) is 13.8. The van der Waals surface area contributed by atoms with Crippen LogP contribution in [0.3, 0.4) is 0 Å². The average Bonchev–Trinajstić information content (AvgIpc) is 3.11. The molecule has 0 amide bonds. The summed E-state index contributed by atoms with van der Waals surface area (Å²) in [5.74, 6) is 1.51. The minimum Gasteiger partial charge on any atom is -0.345 e. The summed E-state index contributed by atoms with van der Waals surface area (Å²) in [6.45, 7) is 0. The summed E-state index contributed by atoms with van der Waals surface area (Å²) in [6, 6.07) is 3.84. The Morgan fingerprint density at radius 1 is 1.19 bits per heavy atom. The summed E-state index contributed by atoms with van der Waals surface area (Å²) < 4.78 is 1.75. The Labute approximate surface area is 119 Å². The zero-order valence-corrected chi connectivity index (χ0v) is 11.2. The van der Waals surface area contributed by atoms with Crippen molar-refractivity contribution in [2.24, 2.45) is 0 Å². The van der Waals surface area contributed by atoms with Gasteiger partial charge in [-0.15, -0.1) is 0 Å². The van der Waals surface area contributed by atoms with Crippen LogP contribution in [0.4, 0.5) is 0 Å². The van der Waals surface area contributed by atoms with Crippen molar-refractivity contribution in [3.05, 3.63) is 42.7 Å². The second-order valence-electron chi connectivity index (χ2n) is 5.41. The molecule has 4 heterocycles. The quantitative estimate of drug-likeness (QED) is 0.610. The van der Waals surface area contributed by atoms with E-state index in [1.807, 2.05) is 30.7 Å². The van der Waals surface area contributed by atoms with Crippen LogP contribution >= 0.6 is 0 Å². The molecule has 6 heteroatoms. The lowest BCUT2D eigenvalue weighted by Crippen LogP contribution is -1.93. The lowest BCUT2D eigenvalue weighted by molar-refractivity contribution is 0.940. The Morgan fingerprint density at radius 3 is 3.05 bits per heavy atom. The number of nitrogens with one attached hydrogen (secondary N) is 1. The van der Waals surface area contributed by atoms with E-state index in [-0.39, 0.29) is 0 Å². The molecule has 102 valence electrons. The fraction of sp³-hybridized carbons (Fsp3) is 0.200. The van der Waals surface area contributed by atoms with E-state index >= 15 is 0 Å². The first kappa shape index (κ1) is 11.0. The minimum absolute atomic E-state index is 0.558. The van der Waals surface area contributed by atoms with Crippen LogP contribution in [0.15, 0.2) is 36.9 Å². The maximum atomic E-state index is 4.62. The van der Waals surface area contributed by atoms with Gasteiger partial charge in [0.2, 0.25) is 0 Å². The van der Waals surface area contributed by atoms with Crippen LogP contribution in [0.5, 0.6) is 0 Å². The third kappa shape index (κ3) is 1.65. The first-order valence-corrected chi connectivity index (χ1v) is 7.03. The second-order valence-corrected chi connectivity index (χ2v) is 5.41. The van der Waals surface area contributed by atoms with E-state index < -0.39 is 0 Å². The largest absolute Gasteiger partial charge is 0.345 e. The third-order valence-electron chi connectivity index (χ3n) is 3.93. The smallest absolute Gasteiger partial charge is 0.155 e. The highest BCUT2D eigenvalue weighted by atomic mass is 15.2. The van der Waals surface area contributed by atoms with Crippen LogP contribution < -0.4 is 0 Å². The minimum atomic E-state index is 0.558. The molecule has 1 saturated carbocycles. The summed E-state index contributed by atoms with van der Waals surface area (Å²) in [5.41, 5.74) is 3.64. The highest BCUT2D eigenvalue weighted by Crippen LogP contribution is 2.38. The molecule has 1 aliphatic rings. The molecule has 4 aromatic heterocycles. The molecule has 5 rings (SSSR count). The number of rotatable bonds is 2. The molecule has 1 N–H and O–H groups in total. The van der Waals surface area contributed by atoms with Gasteiger partial charge in [-0.1, -0.05) is 0 Å². The van der Waals surface area contributed by atoms with Crippen molar-refractivity contribution in [2.75, 3.05) is 0 Å². The Balaban J connectivity index is 1.68. The van der Waals surface area contributed by atoms with E-state index in [0.29, 0.717) is 5.92 Å². The first-order chi connectivity index (χ1) is 10.4. The standard InChI is InChI=1S/C15H12N6/c1-2-9(1)14-16-8-11-10(7-17-15(11)20-14)12-4-6-21-13(19-12)3-5-18-21/h3-9H,1-2H2,(H,16,17,20). The van der Waals surface area contributed by atoms with Crippen LogP contribution in [0.1, 0.15) is 24.6 Å². The molecule has 0 bridgehead atoms. The van der Waals surface area contributed by atoms with Crippen LogP contribution in [0, 0.1) is 0 Å². The van der Waals surface area contributed by atoms with Gasteiger partial charge in [-0.3, -0.25) is 0 Å². The molecule has 0 atom stereocenters. The van der Waals surface area contributed by atoms with E-state index in [2.05, 4.69) is 25.0 Å². The van der Waals surface area contributed by atoms with Crippen molar-refractivity contribution >= 4 is 16.7 Å². The molecule has 6 nitrogen and oxygen atoms in total. The Hall–Kier alpha value is -2.76. The van der Waals surface area contributed by atoms with E-state index in [9.17, 15) is 0 Å². The molecule has 0 unspecified atom stereocenters. The molecular weight excluding hydrogens is 264 g/mol. The molecule has 0 radical (unpaired) electrons. The summed E-state index contributed by atoms with van der Waals surface area (Å²) in [4.78, 5) is 17.0. The maximum absolute atomic E-state index is 4.62. The molecule has 1 aliphatic carbocycles. The molecule has 0 aliphatic heterocycles. The van der Waals surface area contributed by atoms with Crippen LogP contribution in [-0.4, -0.2) is 29.5 Å². The van der Waals surface area contributed by atoms with Gasteiger partial charge < -0.3 is 4.98 Å². The Bertz CT molecular complexity index is 963. The predicted octanol–water partition coefficient (Wildman–Crippen LogP) is 2.54. The van der Waals surface area contributed by atoms with Crippen molar-refractivity contribution in [1.29, 1.82) is 0 Å². The summed E-state index contributed by atoms with van der Waals surface area (Å²) >= 11 is 0. The molecule has 1 fully saturated rings. The van der Waals surface area contributed by atoms with Gasteiger partial charge in [0.15, 0.2) is 5.65 Å². The average molecular weight is 276 g/mol. The predicted molar refractivity (Wildman–Crippen MR) is 77.8 cm³/mol. The lowest BCUT2D eigenvalue weighted by atomic mass is 10.2. The SMILES string of the molecule is c1cc2nc(-c3c[nH]c4nc(C5CC5)ncc34)ccn2n1. The first-order valence-electron chi connectivity index (χ1n) is 7.03. The fourth-order valence-corrected chi connectivity index (χ4v) is 2.63. The Kier molecular flexibility index (Phi) is 2.02. The molecule has 21 heavy (non-hydrogen) atoms. The normalized spacial score (nSPS) is 15.0. The highest BCUT2D eigenvalue weighted by molar-refractivity contribution is 5.92. The molecular formula is C15H12N6. The molecule has 4 aromatic rings. The van der Waals surface area contributed by atoms with Gasteiger partial charge in [0.1, 0.15) is 11.5 Å². The van der Waals surface area contributed by atoms with Crippen molar-refractivity contribution in [3.63, 3.8) is 0 Å². The van der Waals surface area contributed by atoms with E-state index in [4.69, 9.17) is 0 Å². The van der Waals surface area contributed by atoms with E-state index in [1.165, 1.54) is 12.8 Å². The van der Waals surface area contributed by atoms with Gasteiger partial charge in [0.05, 0.1) is 11.9 Å². The number of aromatic amines is 1. The highest BCUT2D eigenvalue weighted by Gasteiger charge is 2.27. The topological polar surface area (TPSA) is 71.8 Å². The maximum Gasteiger partial charge on any atom is 0.155 e. The summed E-state index contributed by atoms with van der Waals surface area (Å²) in [5, 5.41) is 5.17. The van der Waals surface area contributed by atoms with E-state index in [0.717, 1.165) is 33.8 Å². The van der Waals surface area contributed by atoms with Gasteiger partial charge in [-0.05, 0) is 18.9 Å². The van der Waals surface area contributed by atoms with Crippen molar-refractivity contribution in [3.8, 4) is 11.3 Å². The third-order valence-corrected chi connectivity index (χ3v) is 3.93. The number of aromatic nitrogens is 6. The van der Waals surface area contributed by atoms with Crippen molar-refractivity contribution in [2.45, 2.75) is 18.8 Å². The number of hydrogen-bond donors (Lipinski definition) is 1. The van der Waals surface area contributed by atoms with Gasteiger partial charge in [0.25, 0.3) is 0 Å². The van der Waals surface area contributed by atoms with Gasteiger partial charge in [0, 0.05) is 41.5 Å². The van der Waals surface area contributed by atoms with Crippen LogP contribution in [0.25, 0.3) is 27.9 Å². The number of nitrogens with zero attached hydrogens (tertiary/aromatic N) is 5. The van der Waals surface area contributed by atoms with Gasteiger partial charge >= 0.3 is 0 Å². The molecule has 0 saturated heterocycles. The van der Waals surface area contributed by atoms with Gasteiger partial charge in [-0.25, -0.2) is 19.5 Å². The Morgan fingerprint density at radius 2 is 2.14 bits per heavy atom. The molecule has 0 aromatic carbocycles. The molecule has 0 spiro atoms.